The number of benzene rings is 1. The lowest BCUT2D eigenvalue weighted by atomic mass is 9.83. The smallest absolute Gasteiger partial charge is 0.136 e. The van der Waals surface area contributed by atoms with E-state index in [1.54, 1.807) is 0 Å². The standard InChI is InChI=1S/C15H19N3/c1-11(2)18-10-16-17-15(18)14-8-7-12-5-3-4-6-13(12)9-14/h3-6,10-11,14H,7-9H2,1-2H3. The Bertz CT molecular complexity index is 542. The summed E-state index contributed by atoms with van der Waals surface area (Å²) in [6.45, 7) is 4.37. The molecule has 0 fully saturated rings. The largest absolute Gasteiger partial charge is 0.315 e. The van der Waals surface area contributed by atoms with Gasteiger partial charge in [-0.3, -0.25) is 0 Å². The number of nitrogens with zero attached hydrogens (tertiary/aromatic N) is 3. The minimum Gasteiger partial charge on any atom is -0.315 e. The summed E-state index contributed by atoms with van der Waals surface area (Å²) in [5.41, 5.74) is 2.98. The van der Waals surface area contributed by atoms with E-state index in [4.69, 9.17) is 0 Å². The van der Waals surface area contributed by atoms with Gasteiger partial charge < -0.3 is 4.57 Å². The van der Waals surface area contributed by atoms with Gasteiger partial charge in [0.05, 0.1) is 0 Å². The van der Waals surface area contributed by atoms with E-state index in [0.717, 1.165) is 18.7 Å². The van der Waals surface area contributed by atoms with Gasteiger partial charge in [0.15, 0.2) is 0 Å². The van der Waals surface area contributed by atoms with Crippen LogP contribution >= 0.6 is 0 Å². The molecule has 0 saturated heterocycles. The van der Waals surface area contributed by atoms with Gasteiger partial charge in [-0.2, -0.15) is 0 Å². The van der Waals surface area contributed by atoms with Crippen LogP contribution in [0.5, 0.6) is 0 Å². The van der Waals surface area contributed by atoms with Crippen LogP contribution in [0.1, 0.15) is 49.2 Å². The average molecular weight is 241 g/mol. The molecule has 0 saturated carbocycles. The van der Waals surface area contributed by atoms with E-state index in [1.807, 2.05) is 6.33 Å². The second-order valence-electron chi connectivity index (χ2n) is 5.40. The second kappa shape index (κ2) is 4.56. The van der Waals surface area contributed by atoms with E-state index in [2.05, 4.69) is 52.9 Å². The molecule has 0 spiro atoms. The fraction of sp³-hybridized carbons (Fsp3) is 0.467. The predicted molar refractivity (Wildman–Crippen MR) is 71.6 cm³/mol. The maximum absolute atomic E-state index is 4.35. The molecule has 1 atom stereocenters. The maximum Gasteiger partial charge on any atom is 0.136 e. The molecule has 3 nitrogen and oxygen atoms in total. The van der Waals surface area contributed by atoms with E-state index >= 15 is 0 Å². The van der Waals surface area contributed by atoms with E-state index < -0.39 is 0 Å². The van der Waals surface area contributed by atoms with Crippen molar-refractivity contribution in [3.05, 3.63) is 47.5 Å². The van der Waals surface area contributed by atoms with E-state index in [9.17, 15) is 0 Å². The molecule has 3 rings (SSSR count). The summed E-state index contributed by atoms with van der Waals surface area (Å²) in [5.74, 6) is 1.67. The van der Waals surface area contributed by atoms with Crippen LogP contribution in [-0.2, 0) is 12.8 Å². The van der Waals surface area contributed by atoms with Gasteiger partial charge in [-0.05, 0) is 44.2 Å². The zero-order valence-electron chi connectivity index (χ0n) is 11.0. The summed E-state index contributed by atoms with van der Waals surface area (Å²) in [5, 5.41) is 8.43. The van der Waals surface area contributed by atoms with Crippen molar-refractivity contribution in [2.45, 2.75) is 45.1 Å². The molecular formula is C15H19N3. The Labute approximate surface area is 108 Å². The predicted octanol–water partition coefficient (Wildman–Crippen LogP) is 3.13. The van der Waals surface area contributed by atoms with Crippen molar-refractivity contribution in [2.75, 3.05) is 0 Å². The molecule has 1 unspecified atom stereocenters. The second-order valence-corrected chi connectivity index (χ2v) is 5.40. The highest BCUT2D eigenvalue weighted by Gasteiger charge is 2.24. The van der Waals surface area contributed by atoms with Gasteiger partial charge in [0, 0.05) is 12.0 Å². The first-order valence-corrected chi connectivity index (χ1v) is 6.72. The van der Waals surface area contributed by atoms with Crippen molar-refractivity contribution >= 4 is 0 Å². The molecule has 0 aliphatic heterocycles. The van der Waals surface area contributed by atoms with Gasteiger partial charge in [-0.25, -0.2) is 0 Å². The fourth-order valence-corrected chi connectivity index (χ4v) is 2.86. The van der Waals surface area contributed by atoms with Crippen LogP contribution in [0.4, 0.5) is 0 Å². The number of rotatable bonds is 2. The molecule has 0 radical (unpaired) electrons. The Morgan fingerprint density at radius 2 is 2.00 bits per heavy atom. The first kappa shape index (κ1) is 11.5. The number of aryl methyl sites for hydroxylation is 1. The Kier molecular flexibility index (Phi) is 2.90. The molecule has 1 aliphatic carbocycles. The van der Waals surface area contributed by atoms with Crippen molar-refractivity contribution in [3.63, 3.8) is 0 Å². The van der Waals surface area contributed by atoms with Crippen LogP contribution in [0, 0.1) is 0 Å². The highest BCUT2D eigenvalue weighted by atomic mass is 15.3. The summed E-state index contributed by atoms with van der Waals surface area (Å²) in [6, 6.07) is 9.20. The highest BCUT2D eigenvalue weighted by molar-refractivity contribution is 5.31. The lowest BCUT2D eigenvalue weighted by Gasteiger charge is -2.25. The average Bonchev–Trinajstić information content (AvgIpc) is 2.87. The molecule has 0 bridgehead atoms. The zero-order valence-corrected chi connectivity index (χ0v) is 11.0. The SMILES string of the molecule is CC(C)n1cnnc1C1CCc2ccccc2C1. The van der Waals surface area contributed by atoms with Gasteiger partial charge in [0.25, 0.3) is 0 Å². The summed E-state index contributed by atoms with van der Waals surface area (Å²) >= 11 is 0. The van der Waals surface area contributed by atoms with Crippen LogP contribution in [0.2, 0.25) is 0 Å². The molecule has 1 aromatic carbocycles. The lowest BCUT2D eigenvalue weighted by Crippen LogP contribution is -2.17. The highest BCUT2D eigenvalue weighted by Crippen LogP contribution is 2.32. The number of aromatic nitrogens is 3. The van der Waals surface area contributed by atoms with Gasteiger partial charge in [0.1, 0.15) is 12.2 Å². The topological polar surface area (TPSA) is 30.7 Å². The molecule has 1 heterocycles. The third-order valence-corrected chi connectivity index (χ3v) is 3.87. The molecular weight excluding hydrogens is 222 g/mol. The van der Waals surface area contributed by atoms with Gasteiger partial charge in [0.2, 0.25) is 0 Å². The van der Waals surface area contributed by atoms with Crippen molar-refractivity contribution in [3.8, 4) is 0 Å². The van der Waals surface area contributed by atoms with Crippen LogP contribution in [-0.4, -0.2) is 14.8 Å². The summed E-state index contributed by atoms with van der Waals surface area (Å²) in [6.07, 6.45) is 5.30. The van der Waals surface area contributed by atoms with Crippen LogP contribution < -0.4 is 0 Å². The van der Waals surface area contributed by atoms with Crippen LogP contribution in [0.25, 0.3) is 0 Å². The van der Waals surface area contributed by atoms with Crippen LogP contribution in [0.15, 0.2) is 30.6 Å². The molecule has 2 aromatic rings. The Morgan fingerprint density at radius 1 is 1.22 bits per heavy atom. The van der Waals surface area contributed by atoms with Crippen molar-refractivity contribution < 1.29 is 0 Å². The monoisotopic (exact) mass is 241 g/mol. The van der Waals surface area contributed by atoms with Crippen molar-refractivity contribution in [1.82, 2.24) is 14.8 Å². The van der Waals surface area contributed by atoms with E-state index in [0.29, 0.717) is 12.0 Å². The third kappa shape index (κ3) is 1.94. The third-order valence-electron chi connectivity index (χ3n) is 3.87. The number of hydrogen-bond acceptors (Lipinski definition) is 2. The molecule has 18 heavy (non-hydrogen) atoms. The minimum absolute atomic E-state index is 0.437. The van der Waals surface area contributed by atoms with E-state index in [-0.39, 0.29) is 0 Å². The minimum atomic E-state index is 0.437. The Morgan fingerprint density at radius 3 is 2.78 bits per heavy atom. The van der Waals surface area contributed by atoms with Crippen molar-refractivity contribution in [2.24, 2.45) is 0 Å². The molecule has 0 amide bonds. The molecule has 0 N–H and O–H groups in total. The van der Waals surface area contributed by atoms with Crippen molar-refractivity contribution in [1.29, 1.82) is 0 Å². The molecule has 94 valence electrons. The Hall–Kier alpha value is -1.64. The van der Waals surface area contributed by atoms with E-state index in [1.165, 1.54) is 17.5 Å². The lowest BCUT2D eigenvalue weighted by molar-refractivity contribution is 0.488. The maximum atomic E-state index is 4.35. The number of hydrogen-bond donors (Lipinski definition) is 0. The first-order chi connectivity index (χ1) is 8.75. The zero-order chi connectivity index (χ0) is 12.5. The van der Waals surface area contributed by atoms with Gasteiger partial charge in [-0.1, -0.05) is 24.3 Å². The Balaban J connectivity index is 1.90. The molecule has 3 heteroatoms. The molecule has 1 aliphatic rings. The van der Waals surface area contributed by atoms with Gasteiger partial charge >= 0.3 is 0 Å². The summed E-state index contributed by atoms with van der Waals surface area (Å²) in [7, 11) is 0. The first-order valence-electron chi connectivity index (χ1n) is 6.72. The summed E-state index contributed by atoms with van der Waals surface area (Å²) in [4.78, 5) is 0. The quantitative estimate of drug-likeness (QED) is 0.808. The molecule has 1 aromatic heterocycles. The summed E-state index contributed by atoms with van der Waals surface area (Å²) < 4.78 is 2.21. The fourth-order valence-electron chi connectivity index (χ4n) is 2.86. The normalized spacial score (nSPS) is 18.9. The van der Waals surface area contributed by atoms with Crippen LogP contribution in [0.3, 0.4) is 0 Å². The van der Waals surface area contributed by atoms with Gasteiger partial charge in [-0.15, -0.1) is 10.2 Å². The number of fused-ring (bicyclic) bond motifs is 1.